The van der Waals surface area contributed by atoms with Gasteiger partial charge in [-0.3, -0.25) is 4.79 Å². The molecule has 2 rings (SSSR count). The average molecular weight is 224 g/mol. The van der Waals surface area contributed by atoms with Gasteiger partial charge in [-0.05, 0) is 30.5 Å². The topological polar surface area (TPSA) is 57.5 Å². The van der Waals surface area contributed by atoms with Gasteiger partial charge in [-0.2, -0.15) is 0 Å². The van der Waals surface area contributed by atoms with Gasteiger partial charge in [0.05, 0.1) is 5.41 Å². The van der Waals surface area contributed by atoms with Crippen molar-refractivity contribution in [2.45, 2.75) is 31.1 Å². The third kappa shape index (κ3) is 1.54. The number of carboxylic acid groups (broad SMARTS) is 1. The molecule has 1 saturated carbocycles. The number of phenolic OH excluding ortho intramolecular Hbond substituents is 1. The molecule has 1 aliphatic rings. The highest BCUT2D eigenvalue weighted by molar-refractivity contribution is 5.82. The molecule has 86 valence electrons. The third-order valence-corrected chi connectivity index (χ3v) is 3.37. The Morgan fingerprint density at radius 2 is 1.94 bits per heavy atom. The molecule has 16 heavy (non-hydrogen) atoms. The van der Waals surface area contributed by atoms with Crippen molar-refractivity contribution in [2.75, 3.05) is 0 Å². The Bertz CT molecular complexity index is 422. The number of aliphatic carboxylic acids is 1. The van der Waals surface area contributed by atoms with Gasteiger partial charge in [0.2, 0.25) is 0 Å². The number of hydrogen-bond donors (Lipinski definition) is 2. The van der Waals surface area contributed by atoms with Crippen LogP contribution in [-0.2, 0) is 10.2 Å². The molecule has 0 aromatic heterocycles. The molecule has 0 spiro atoms. The first-order valence-corrected chi connectivity index (χ1v) is 5.29. The molecule has 0 bridgehead atoms. The summed E-state index contributed by atoms with van der Waals surface area (Å²) in [6, 6.07) is 3.80. The summed E-state index contributed by atoms with van der Waals surface area (Å²) in [5, 5.41) is 18.6. The first kappa shape index (κ1) is 10.9. The van der Waals surface area contributed by atoms with Crippen molar-refractivity contribution in [1.29, 1.82) is 0 Å². The van der Waals surface area contributed by atoms with Gasteiger partial charge in [0.15, 0.2) is 11.6 Å². The van der Waals surface area contributed by atoms with Crippen LogP contribution in [0.15, 0.2) is 18.2 Å². The van der Waals surface area contributed by atoms with Crippen LogP contribution < -0.4 is 0 Å². The summed E-state index contributed by atoms with van der Waals surface area (Å²) in [5.74, 6) is -2.09. The predicted octanol–water partition coefficient (Wildman–Crippen LogP) is 2.43. The lowest BCUT2D eigenvalue weighted by molar-refractivity contribution is -0.143. The lowest BCUT2D eigenvalue weighted by Crippen LogP contribution is -2.32. The van der Waals surface area contributed by atoms with Crippen molar-refractivity contribution in [3.8, 4) is 5.75 Å². The van der Waals surface area contributed by atoms with Gasteiger partial charge in [-0.15, -0.1) is 0 Å². The molecule has 2 N–H and O–H groups in total. The van der Waals surface area contributed by atoms with Crippen molar-refractivity contribution in [1.82, 2.24) is 0 Å². The molecule has 0 heterocycles. The predicted molar refractivity (Wildman–Crippen MR) is 55.8 cm³/mol. The summed E-state index contributed by atoms with van der Waals surface area (Å²) >= 11 is 0. The number of hydrogen-bond acceptors (Lipinski definition) is 2. The summed E-state index contributed by atoms with van der Waals surface area (Å²) in [5.41, 5.74) is -0.443. The molecule has 1 fully saturated rings. The van der Waals surface area contributed by atoms with Gasteiger partial charge in [-0.25, -0.2) is 4.39 Å². The summed E-state index contributed by atoms with van der Waals surface area (Å²) in [7, 11) is 0. The Balaban J connectivity index is 2.47. The van der Waals surface area contributed by atoms with E-state index in [4.69, 9.17) is 0 Å². The first-order valence-electron chi connectivity index (χ1n) is 5.29. The Labute approximate surface area is 92.5 Å². The zero-order chi connectivity index (χ0) is 11.8. The van der Waals surface area contributed by atoms with Crippen molar-refractivity contribution in [2.24, 2.45) is 0 Å². The molecule has 1 aromatic rings. The number of halogens is 1. The van der Waals surface area contributed by atoms with Crippen LogP contribution in [0.1, 0.15) is 31.2 Å². The number of benzene rings is 1. The molecule has 0 unspecified atom stereocenters. The quantitative estimate of drug-likeness (QED) is 0.811. The highest BCUT2D eigenvalue weighted by Crippen LogP contribution is 2.42. The number of carbonyl (C=O) groups is 1. The van der Waals surface area contributed by atoms with E-state index in [1.165, 1.54) is 12.1 Å². The fraction of sp³-hybridized carbons (Fsp3) is 0.417. The standard InChI is InChI=1S/C12H13FO3/c13-9-4-3-8(7-10(9)14)12(11(15)16)5-1-2-6-12/h3-4,7,14H,1-2,5-6H2,(H,15,16). The molecule has 1 aliphatic carbocycles. The fourth-order valence-corrected chi connectivity index (χ4v) is 2.41. The van der Waals surface area contributed by atoms with E-state index < -0.39 is 23.0 Å². The maximum Gasteiger partial charge on any atom is 0.314 e. The minimum absolute atomic E-state index is 0.481. The minimum Gasteiger partial charge on any atom is -0.505 e. The second-order valence-electron chi connectivity index (χ2n) is 4.26. The molecule has 0 atom stereocenters. The van der Waals surface area contributed by atoms with Crippen LogP contribution in [0.5, 0.6) is 5.75 Å². The van der Waals surface area contributed by atoms with Crippen LogP contribution in [0.3, 0.4) is 0 Å². The van der Waals surface area contributed by atoms with Crippen LogP contribution in [-0.4, -0.2) is 16.2 Å². The smallest absolute Gasteiger partial charge is 0.314 e. The van der Waals surface area contributed by atoms with Crippen molar-refractivity contribution >= 4 is 5.97 Å². The Hall–Kier alpha value is -1.58. The Morgan fingerprint density at radius 3 is 2.44 bits per heavy atom. The second kappa shape index (κ2) is 3.77. The van der Waals surface area contributed by atoms with Gasteiger partial charge >= 0.3 is 5.97 Å². The number of aromatic hydroxyl groups is 1. The molecular weight excluding hydrogens is 211 g/mol. The number of rotatable bonds is 2. The maximum atomic E-state index is 12.9. The SMILES string of the molecule is O=C(O)C1(c2ccc(F)c(O)c2)CCCC1. The van der Waals surface area contributed by atoms with Crippen LogP contribution in [0.2, 0.25) is 0 Å². The highest BCUT2D eigenvalue weighted by atomic mass is 19.1. The molecule has 0 radical (unpaired) electrons. The normalized spacial score (nSPS) is 18.6. The third-order valence-electron chi connectivity index (χ3n) is 3.37. The van der Waals surface area contributed by atoms with E-state index in [0.717, 1.165) is 18.9 Å². The van der Waals surface area contributed by atoms with Gasteiger partial charge < -0.3 is 10.2 Å². The first-order chi connectivity index (χ1) is 7.56. The molecule has 3 nitrogen and oxygen atoms in total. The second-order valence-corrected chi connectivity index (χ2v) is 4.26. The van der Waals surface area contributed by atoms with Gasteiger partial charge in [0.1, 0.15) is 0 Å². The van der Waals surface area contributed by atoms with E-state index in [9.17, 15) is 19.4 Å². The molecular formula is C12H13FO3. The lowest BCUT2D eigenvalue weighted by atomic mass is 9.79. The molecule has 0 saturated heterocycles. The fourth-order valence-electron chi connectivity index (χ4n) is 2.41. The molecule has 1 aromatic carbocycles. The van der Waals surface area contributed by atoms with Crippen molar-refractivity contribution < 1.29 is 19.4 Å². The van der Waals surface area contributed by atoms with Crippen molar-refractivity contribution in [3.63, 3.8) is 0 Å². The van der Waals surface area contributed by atoms with Crippen LogP contribution in [0.4, 0.5) is 4.39 Å². The van der Waals surface area contributed by atoms with E-state index in [2.05, 4.69) is 0 Å². The van der Waals surface area contributed by atoms with E-state index in [-0.39, 0.29) is 0 Å². The summed E-state index contributed by atoms with van der Waals surface area (Å²) < 4.78 is 12.9. The summed E-state index contributed by atoms with van der Waals surface area (Å²) in [4.78, 5) is 11.3. The summed E-state index contributed by atoms with van der Waals surface area (Å²) in [6.07, 6.45) is 2.80. The minimum atomic E-state index is -0.939. The average Bonchev–Trinajstić information content (AvgIpc) is 2.72. The number of phenols is 1. The van der Waals surface area contributed by atoms with Gasteiger partial charge in [0, 0.05) is 0 Å². The highest BCUT2D eigenvalue weighted by Gasteiger charge is 2.43. The Kier molecular flexibility index (Phi) is 2.58. The van der Waals surface area contributed by atoms with Crippen LogP contribution in [0, 0.1) is 5.82 Å². The maximum absolute atomic E-state index is 12.9. The number of carboxylic acids is 1. The monoisotopic (exact) mass is 224 g/mol. The van der Waals surface area contributed by atoms with Gasteiger partial charge in [-0.1, -0.05) is 18.9 Å². The summed E-state index contributed by atoms with van der Waals surface area (Å²) in [6.45, 7) is 0. The lowest BCUT2D eigenvalue weighted by Gasteiger charge is -2.24. The van der Waals surface area contributed by atoms with Crippen molar-refractivity contribution in [3.05, 3.63) is 29.6 Å². The van der Waals surface area contributed by atoms with Gasteiger partial charge in [0.25, 0.3) is 0 Å². The molecule has 0 amide bonds. The van der Waals surface area contributed by atoms with E-state index in [1.54, 1.807) is 0 Å². The Morgan fingerprint density at radius 1 is 1.31 bits per heavy atom. The van der Waals surface area contributed by atoms with E-state index in [0.29, 0.717) is 18.4 Å². The zero-order valence-electron chi connectivity index (χ0n) is 8.74. The van der Waals surface area contributed by atoms with Crippen LogP contribution in [0.25, 0.3) is 0 Å². The zero-order valence-corrected chi connectivity index (χ0v) is 8.74. The van der Waals surface area contributed by atoms with E-state index >= 15 is 0 Å². The van der Waals surface area contributed by atoms with E-state index in [1.807, 2.05) is 0 Å². The van der Waals surface area contributed by atoms with Crippen LogP contribution >= 0.6 is 0 Å². The largest absolute Gasteiger partial charge is 0.505 e. The molecule has 4 heteroatoms. The molecule has 0 aliphatic heterocycles.